The third kappa shape index (κ3) is 5.65. The first-order valence-corrected chi connectivity index (χ1v) is 11.1. The van der Waals surface area contributed by atoms with Gasteiger partial charge in [0.05, 0.1) is 12.1 Å². The van der Waals surface area contributed by atoms with Gasteiger partial charge in [0, 0.05) is 39.4 Å². The summed E-state index contributed by atoms with van der Waals surface area (Å²) in [5, 5.41) is 9.34. The number of benzene rings is 1. The number of nitrogens with two attached hydrogens (primary N) is 1. The van der Waals surface area contributed by atoms with Crippen LogP contribution in [0, 0.1) is 5.92 Å². The molecule has 1 aromatic heterocycles. The quantitative estimate of drug-likeness (QED) is 0.413. The van der Waals surface area contributed by atoms with Crippen LogP contribution in [0.2, 0.25) is 0 Å². The second-order valence-corrected chi connectivity index (χ2v) is 9.08. The highest BCUT2D eigenvalue weighted by Crippen LogP contribution is 2.32. The number of pyridine rings is 1. The topological polar surface area (TPSA) is 96.5 Å². The van der Waals surface area contributed by atoms with E-state index in [2.05, 4.69) is 41.7 Å². The third-order valence-corrected chi connectivity index (χ3v) is 6.71. The number of Topliss-reactive ketones (excluding diaryl/α,β-unsaturated/α-hetero) is 1. The van der Waals surface area contributed by atoms with E-state index in [1.165, 1.54) is 5.56 Å². The van der Waals surface area contributed by atoms with Crippen molar-refractivity contribution < 1.29 is 14.7 Å². The van der Waals surface area contributed by atoms with Crippen molar-refractivity contribution in [1.82, 2.24) is 9.88 Å². The Morgan fingerprint density at radius 1 is 1.17 bits per heavy atom. The zero-order valence-electron chi connectivity index (χ0n) is 15.9. The number of piperidine rings is 1. The van der Waals surface area contributed by atoms with Crippen molar-refractivity contribution in [2.45, 2.75) is 25.2 Å². The monoisotopic (exact) mass is 523 g/mol. The summed E-state index contributed by atoms with van der Waals surface area (Å²) in [7, 11) is 0. The molecule has 3 N–H and O–H groups in total. The molecule has 29 heavy (non-hydrogen) atoms. The van der Waals surface area contributed by atoms with E-state index in [0.29, 0.717) is 32.7 Å². The zero-order chi connectivity index (χ0) is 21.0. The minimum atomic E-state index is -0.969. The highest BCUT2D eigenvalue weighted by Gasteiger charge is 2.29. The highest BCUT2D eigenvalue weighted by atomic mass is 79.9. The van der Waals surface area contributed by atoms with Gasteiger partial charge in [-0.3, -0.25) is 14.6 Å². The first-order chi connectivity index (χ1) is 13.8. The summed E-state index contributed by atoms with van der Waals surface area (Å²) >= 11 is 6.71. The lowest BCUT2D eigenvalue weighted by Crippen LogP contribution is -2.39. The van der Waals surface area contributed by atoms with E-state index in [1.54, 1.807) is 12.1 Å². The lowest BCUT2D eigenvalue weighted by molar-refractivity contribution is -0.137. The number of carboxylic acids is 1. The largest absolute Gasteiger partial charge is 0.481 e. The Bertz CT molecular complexity index is 861. The van der Waals surface area contributed by atoms with Crippen LogP contribution in [0.3, 0.4) is 0 Å². The molecule has 0 aliphatic carbocycles. The molecule has 1 fully saturated rings. The molecule has 1 aliphatic heterocycles. The van der Waals surface area contributed by atoms with Gasteiger partial charge in [-0.25, -0.2) is 0 Å². The Morgan fingerprint density at radius 3 is 2.31 bits per heavy atom. The number of carbonyl (C=O) groups excluding carboxylic acids is 1. The first kappa shape index (κ1) is 21.9. The Labute approximate surface area is 186 Å². The molecular weight excluding hydrogens is 502 g/mol. The Hall–Kier alpha value is -1.77. The number of carbonyl (C=O) groups is 2. The molecule has 3 rings (SSSR count). The van der Waals surface area contributed by atoms with Gasteiger partial charge in [0.15, 0.2) is 5.78 Å². The van der Waals surface area contributed by atoms with Crippen molar-refractivity contribution in [3.63, 3.8) is 0 Å². The molecule has 0 radical (unpaired) electrons. The molecule has 0 bridgehead atoms. The lowest BCUT2D eigenvalue weighted by atomic mass is 9.88. The molecule has 0 amide bonds. The van der Waals surface area contributed by atoms with Gasteiger partial charge < -0.3 is 15.7 Å². The maximum atomic E-state index is 13.1. The number of aliphatic carboxylic acids is 1. The fraction of sp³-hybridized carbons (Fsp3) is 0.381. The normalized spacial score (nSPS) is 16.5. The number of likely N-dealkylation sites (tertiary alicyclic amines) is 1. The van der Waals surface area contributed by atoms with Crippen molar-refractivity contribution in [3.8, 4) is 0 Å². The van der Waals surface area contributed by atoms with Crippen molar-refractivity contribution in [3.05, 3.63) is 56.7 Å². The van der Waals surface area contributed by atoms with Crippen LogP contribution < -0.4 is 5.73 Å². The molecule has 1 atom stereocenters. The summed E-state index contributed by atoms with van der Waals surface area (Å²) in [6.45, 7) is 2.12. The van der Waals surface area contributed by atoms with Gasteiger partial charge in [0.25, 0.3) is 0 Å². The average Bonchev–Trinajstić information content (AvgIpc) is 2.71. The SMILES string of the molecule is Nc1c(Br)cc(C(=O)C(CC(=O)O)CN2CCC(c3ccncc3)CC2)cc1Br. The molecule has 6 nitrogen and oxygen atoms in total. The zero-order valence-corrected chi connectivity index (χ0v) is 19.0. The van der Waals surface area contributed by atoms with Gasteiger partial charge in [0.2, 0.25) is 0 Å². The molecule has 2 heterocycles. The third-order valence-electron chi connectivity index (χ3n) is 5.40. The van der Waals surface area contributed by atoms with E-state index in [1.807, 2.05) is 24.5 Å². The van der Waals surface area contributed by atoms with E-state index in [0.717, 1.165) is 25.9 Å². The number of halogens is 2. The van der Waals surface area contributed by atoms with Crippen molar-refractivity contribution >= 4 is 49.3 Å². The number of anilines is 1. The maximum absolute atomic E-state index is 13.1. The number of carboxylic acid groups (broad SMARTS) is 1. The summed E-state index contributed by atoms with van der Waals surface area (Å²) in [5.41, 5.74) is 8.16. The van der Waals surface area contributed by atoms with E-state index in [9.17, 15) is 14.7 Å². The summed E-state index contributed by atoms with van der Waals surface area (Å²) in [5.74, 6) is -1.27. The smallest absolute Gasteiger partial charge is 0.304 e. The van der Waals surface area contributed by atoms with Crippen LogP contribution in [0.5, 0.6) is 0 Å². The molecule has 1 aliphatic rings. The Morgan fingerprint density at radius 2 is 1.76 bits per heavy atom. The number of rotatable bonds is 7. The van der Waals surface area contributed by atoms with Gasteiger partial charge >= 0.3 is 5.97 Å². The highest BCUT2D eigenvalue weighted by molar-refractivity contribution is 9.11. The second-order valence-electron chi connectivity index (χ2n) is 7.37. The molecule has 154 valence electrons. The van der Waals surface area contributed by atoms with E-state index < -0.39 is 11.9 Å². The molecular formula is C21H23Br2N3O3. The number of ketones is 1. The molecule has 8 heteroatoms. The fourth-order valence-electron chi connectivity index (χ4n) is 3.81. The number of aromatic nitrogens is 1. The van der Waals surface area contributed by atoms with Crippen LogP contribution in [0.25, 0.3) is 0 Å². The summed E-state index contributed by atoms with van der Waals surface area (Å²) in [4.78, 5) is 30.7. The number of hydrogen-bond acceptors (Lipinski definition) is 5. The van der Waals surface area contributed by atoms with Crippen molar-refractivity contribution in [2.75, 3.05) is 25.4 Å². The fourth-order valence-corrected chi connectivity index (χ4v) is 5.00. The first-order valence-electron chi connectivity index (χ1n) is 9.48. The minimum Gasteiger partial charge on any atom is -0.481 e. The lowest BCUT2D eigenvalue weighted by Gasteiger charge is -2.34. The molecule has 1 aromatic carbocycles. The Kier molecular flexibility index (Phi) is 7.43. The molecule has 0 spiro atoms. The van der Waals surface area contributed by atoms with Crippen LogP contribution in [0.15, 0.2) is 45.6 Å². The van der Waals surface area contributed by atoms with E-state index in [4.69, 9.17) is 5.73 Å². The molecule has 1 saturated heterocycles. The summed E-state index contributed by atoms with van der Waals surface area (Å²) in [6, 6.07) is 7.42. The number of nitrogens with zero attached hydrogens (tertiary/aromatic N) is 2. The summed E-state index contributed by atoms with van der Waals surface area (Å²) in [6.07, 6.45) is 5.40. The predicted molar refractivity (Wildman–Crippen MR) is 119 cm³/mol. The van der Waals surface area contributed by atoms with E-state index in [-0.39, 0.29) is 12.2 Å². The van der Waals surface area contributed by atoms with Gasteiger partial charge in [0.1, 0.15) is 0 Å². The minimum absolute atomic E-state index is 0.176. The van der Waals surface area contributed by atoms with Crippen molar-refractivity contribution in [2.24, 2.45) is 5.92 Å². The molecule has 2 aromatic rings. The van der Waals surface area contributed by atoms with Crippen molar-refractivity contribution in [1.29, 1.82) is 0 Å². The van der Waals surface area contributed by atoms with Crippen LogP contribution in [0.4, 0.5) is 5.69 Å². The Balaban J connectivity index is 1.68. The molecule has 0 saturated carbocycles. The van der Waals surface area contributed by atoms with Gasteiger partial charge in [-0.15, -0.1) is 0 Å². The molecule has 1 unspecified atom stereocenters. The van der Waals surface area contributed by atoms with Gasteiger partial charge in [-0.2, -0.15) is 0 Å². The summed E-state index contributed by atoms with van der Waals surface area (Å²) < 4.78 is 1.23. The second kappa shape index (κ2) is 9.82. The maximum Gasteiger partial charge on any atom is 0.304 e. The van der Waals surface area contributed by atoms with E-state index >= 15 is 0 Å². The van der Waals surface area contributed by atoms with Crippen LogP contribution in [-0.4, -0.2) is 46.4 Å². The van der Waals surface area contributed by atoms with Crippen LogP contribution >= 0.6 is 31.9 Å². The van der Waals surface area contributed by atoms with Crippen LogP contribution in [-0.2, 0) is 4.79 Å². The predicted octanol–water partition coefficient (Wildman–Crippen LogP) is 4.34. The van der Waals surface area contributed by atoms with Gasteiger partial charge in [-0.05, 0) is 93.5 Å². The average molecular weight is 525 g/mol. The van der Waals surface area contributed by atoms with Gasteiger partial charge in [-0.1, -0.05) is 0 Å². The number of hydrogen-bond donors (Lipinski definition) is 2. The standard InChI is InChI=1S/C21H23Br2N3O3/c22-17-9-15(10-18(23)20(17)24)21(29)16(11-19(27)28)12-26-7-3-14(4-8-26)13-1-5-25-6-2-13/h1-2,5-6,9-10,14,16H,3-4,7-8,11-12,24H2,(H,27,28). The number of nitrogen functional groups attached to an aromatic ring is 1. The van der Waals surface area contributed by atoms with Crippen LogP contribution in [0.1, 0.15) is 41.1 Å².